The minimum absolute atomic E-state index is 0. The predicted octanol–water partition coefficient (Wildman–Crippen LogP) is 2.15. The van der Waals surface area contributed by atoms with Crippen LogP contribution in [-0.2, 0) is 9.53 Å². The SMILES string of the molecule is CC(c1ccccc1F)N(C)C(=O)CC1COCCN1.Cl. The Morgan fingerprint density at radius 3 is 2.86 bits per heavy atom. The van der Waals surface area contributed by atoms with E-state index in [1.165, 1.54) is 6.07 Å². The molecule has 0 spiro atoms. The van der Waals surface area contributed by atoms with Gasteiger partial charge in [-0.25, -0.2) is 4.39 Å². The van der Waals surface area contributed by atoms with Crippen molar-refractivity contribution in [2.75, 3.05) is 26.8 Å². The molecule has 0 aliphatic carbocycles. The van der Waals surface area contributed by atoms with Gasteiger partial charge in [0.25, 0.3) is 0 Å². The van der Waals surface area contributed by atoms with Crippen LogP contribution in [0.1, 0.15) is 24.9 Å². The van der Waals surface area contributed by atoms with Crippen LogP contribution in [0.5, 0.6) is 0 Å². The van der Waals surface area contributed by atoms with Gasteiger partial charge in [-0.05, 0) is 13.0 Å². The van der Waals surface area contributed by atoms with Crippen LogP contribution in [-0.4, -0.2) is 43.7 Å². The fourth-order valence-corrected chi connectivity index (χ4v) is 2.34. The van der Waals surface area contributed by atoms with Gasteiger partial charge in [0.1, 0.15) is 5.82 Å². The van der Waals surface area contributed by atoms with E-state index in [2.05, 4.69) is 5.32 Å². The second-order valence-corrected chi connectivity index (χ2v) is 5.13. The summed E-state index contributed by atoms with van der Waals surface area (Å²) in [5.41, 5.74) is 0.538. The second-order valence-electron chi connectivity index (χ2n) is 5.13. The van der Waals surface area contributed by atoms with Gasteiger partial charge in [-0.15, -0.1) is 12.4 Å². The average molecular weight is 317 g/mol. The summed E-state index contributed by atoms with van der Waals surface area (Å²) in [6.07, 6.45) is 0.370. The molecule has 2 rings (SSSR count). The number of hydrogen-bond donors (Lipinski definition) is 1. The first-order chi connectivity index (χ1) is 9.59. The summed E-state index contributed by atoms with van der Waals surface area (Å²) in [6.45, 7) is 3.84. The van der Waals surface area contributed by atoms with Gasteiger partial charge in [-0.1, -0.05) is 18.2 Å². The van der Waals surface area contributed by atoms with Gasteiger partial charge >= 0.3 is 0 Å². The molecule has 0 aromatic heterocycles. The van der Waals surface area contributed by atoms with E-state index in [4.69, 9.17) is 4.74 Å². The Labute approximate surface area is 131 Å². The highest BCUT2D eigenvalue weighted by Crippen LogP contribution is 2.22. The van der Waals surface area contributed by atoms with Crippen molar-refractivity contribution in [3.05, 3.63) is 35.6 Å². The molecule has 21 heavy (non-hydrogen) atoms. The van der Waals surface area contributed by atoms with Crippen molar-refractivity contribution < 1.29 is 13.9 Å². The van der Waals surface area contributed by atoms with Gasteiger partial charge in [-0.3, -0.25) is 4.79 Å². The maximum atomic E-state index is 13.8. The topological polar surface area (TPSA) is 41.6 Å². The zero-order valence-electron chi connectivity index (χ0n) is 12.3. The Kier molecular flexibility index (Phi) is 7.08. The van der Waals surface area contributed by atoms with Gasteiger partial charge in [-0.2, -0.15) is 0 Å². The summed E-state index contributed by atoms with van der Waals surface area (Å²) in [5, 5.41) is 3.25. The number of ether oxygens (including phenoxy) is 1. The van der Waals surface area contributed by atoms with Gasteiger partial charge < -0.3 is 15.0 Å². The standard InChI is InChI=1S/C15H21FN2O2.ClH/c1-11(13-5-3-4-6-14(13)16)18(2)15(19)9-12-10-20-8-7-17-12;/h3-6,11-12,17H,7-10H2,1-2H3;1H. The number of rotatable bonds is 4. The lowest BCUT2D eigenvalue weighted by Gasteiger charge is -2.29. The van der Waals surface area contributed by atoms with Crippen molar-refractivity contribution in [1.29, 1.82) is 0 Å². The van der Waals surface area contributed by atoms with Crippen molar-refractivity contribution in [2.24, 2.45) is 0 Å². The highest BCUT2D eigenvalue weighted by Gasteiger charge is 2.23. The molecule has 2 unspecified atom stereocenters. The van der Waals surface area contributed by atoms with Crippen molar-refractivity contribution in [3.8, 4) is 0 Å². The number of nitrogens with one attached hydrogen (secondary N) is 1. The van der Waals surface area contributed by atoms with E-state index in [1.807, 2.05) is 6.92 Å². The van der Waals surface area contributed by atoms with Crippen molar-refractivity contribution in [1.82, 2.24) is 10.2 Å². The van der Waals surface area contributed by atoms with Gasteiger partial charge in [0.2, 0.25) is 5.91 Å². The summed E-state index contributed by atoms with van der Waals surface area (Å²) in [6, 6.07) is 6.33. The zero-order chi connectivity index (χ0) is 14.5. The first-order valence-electron chi connectivity index (χ1n) is 6.91. The number of amides is 1. The molecule has 1 fully saturated rings. The van der Waals surface area contributed by atoms with Gasteiger partial charge in [0, 0.05) is 31.6 Å². The molecule has 1 aliphatic heterocycles. The van der Waals surface area contributed by atoms with Crippen LogP contribution in [0.25, 0.3) is 0 Å². The van der Waals surface area contributed by atoms with Crippen molar-refractivity contribution >= 4 is 18.3 Å². The Morgan fingerprint density at radius 1 is 1.52 bits per heavy atom. The van der Waals surface area contributed by atoms with E-state index in [1.54, 1.807) is 30.1 Å². The van der Waals surface area contributed by atoms with E-state index < -0.39 is 0 Å². The number of carbonyl (C=O) groups excluding carboxylic acids is 1. The molecule has 6 heteroatoms. The third-order valence-electron chi connectivity index (χ3n) is 3.75. The maximum absolute atomic E-state index is 13.8. The second kappa shape index (κ2) is 8.32. The largest absolute Gasteiger partial charge is 0.378 e. The van der Waals surface area contributed by atoms with E-state index in [0.717, 1.165) is 6.54 Å². The number of halogens is 2. The Bertz CT molecular complexity index is 467. The number of morpholine rings is 1. The van der Waals surface area contributed by atoms with Crippen LogP contribution in [0.3, 0.4) is 0 Å². The number of nitrogens with zero attached hydrogens (tertiary/aromatic N) is 1. The Hall–Kier alpha value is -1.17. The Morgan fingerprint density at radius 2 is 2.24 bits per heavy atom. The number of carbonyl (C=O) groups is 1. The Balaban J connectivity index is 0.00000220. The van der Waals surface area contributed by atoms with Crippen LogP contribution >= 0.6 is 12.4 Å². The maximum Gasteiger partial charge on any atom is 0.224 e. The fraction of sp³-hybridized carbons (Fsp3) is 0.533. The summed E-state index contributed by atoms with van der Waals surface area (Å²) in [4.78, 5) is 13.8. The molecular weight excluding hydrogens is 295 g/mol. The molecule has 1 N–H and O–H groups in total. The van der Waals surface area contributed by atoms with Crippen LogP contribution in [0.2, 0.25) is 0 Å². The molecule has 1 heterocycles. The third-order valence-corrected chi connectivity index (χ3v) is 3.75. The molecule has 1 aromatic rings. The summed E-state index contributed by atoms with van der Waals surface area (Å²) in [7, 11) is 1.71. The molecule has 1 saturated heterocycles. The summed E-state index contributed by atoms with van der Waals surface area (Å²) < 4.78 is 19.1. The lowest BCUT2D eigenvalue weighted by molar-refractivity contribution is -0.133. The molecule has 4 nitrogen and oxygen atoms in total. The third kappa shape index (κ3) is 4.66. The van der Waals surface area contributed by atoms with Crippen molar-refractivity contribution in [3.63, 3.8) is 0 Å². The van der Waals surface area contributed by atoms with E-state index in [9.17, 15) is 9.18 Å². The molecule has 1 aromatic carbocycles. The lowest BCUT2D eigenvalue weighted by Crippen LogP contribution is -2.44. The minimum Gasteiger partial charge on any atom is -0.378 e. The molecule has 0 bridgehead atoms. The van der Waals surface area contributed by atoms with Crippen LogP contribution in [0.15, 0.2) is 24.3 Å². The summed E-state index contributed by atoms with van der Waals surface area (Å²) >= 11 is 0. The highest BCUT2D eigenvalue weighted by atomic mass is 35.5. The first-order valence-corrected chi connectivity index (χ1v) is 6.91. The number of benzene rings is 1. The molecule has 118 valence electrons. The van der Waals surface area contributed by atoms with Crippen LogP contribution < -0.4 is 5.32 Å². The normalized spacial score (nSPS) is 19.5. The molecule has 1 amide bonds. The molecule has 2 atom stereocenters. The van der Waals surface area contributed by atoms with E-state index in [-0.39, 0.29) is 36.2 Å². The molecule has 0 saturated carbocycles. The van der Waals surface area contributed by atoms with Crippen LogP contribution in [0, 0.1) is 5.82 Å². The molecule has 0 radical (unpaired) electrons. The predicted molar refractivity (Wildman–Crippen MR) is 82.1 cm³/mol. The molecule has 1 aliphatic rings. The van der Waals surface area contributed by atoms with Crippen molar-refractivity contribution in [2.45, 2.75) is 25.4 Å². The first kappa shape index (κ1) is 17.9. The van der Waals surface area contributed by atoms with E-state index >= 15 is 0 Å². The quantitative estimate of drug-likeness (QED) is 0.925. The minimum atomic E-state index is -0.284. The monoisotopic (exact) mass is 316 g/mol. The van der Waals surface area contributed by atoms with E-state index in [0.29, 0.717) is 25.2 Å². The molecular formula is C15H22ClFN2O2. The zero-order valence-corrected chi connectivity index (χ0v) is 13.2. The fourth-order valence-electron chi connectivity index (χ4n) is 2.34. The smallest absolute Gasteiger partial charge is 0.224 e. The highest BCUT2D eigenvalue weighted by molar-refractivity contribution is 5.85. The van der Waals surface area contributed by atoms with Gasteiger partial charge in [0.15, 0.2) is 0 Å². The number of hydrogen-bond acceptors (Lipinski definition) is 3. The van der Waals surface area contributed by atoms with Gasteiger partial charge in [0.05, 0.1) is 19.3 Å². The summed E-state index contributed by atoms with van der Waals surface area (Å²) in [5.74, 6) is -0.289. The van der Waals surface area contributed by atoms with Crippen LogP contribution in [0.4, 0.5) is 4.39 Å². The lowest BCUT2D eigenvalue weighted by atomic mass is 10.1. The average Bonchev–Trinajstić information content (AvgIpc) is 2.47.